The van der Waals surface area contributed by atoms with E-state index >= 15 is 0 Å². The molecule has 1 aliphatic heterocycles. The highest BCUT2D eigenvalue weighted by atomic mass is 16.5. The van der Waals surface area contributed by atoms with Gasteiger partial charge in [0, 0.05) is 12.0 Å². The molecule has 0 aromatic carbocycles. The Morgan fingerprint density at radius 3 is 2.59 bits per heavy atom. The summed E-state index contributed by atoms with van der Waals surface area (Å²) in [5, 5.41) is 20.8. The third-order valence-corrected chi connectivity index (χ3v) is 9.88. The van der Waals surface area contributed by atoms with Crippen LogP contribution in [0.3, 0.4) is 0 Å². The maximum atomic E-state index is 13.1. The number of rotatable bonds is 2. The smallest absolute Gasteiger partial charge is 0.336 e. The van der Waals surface area contributed by atoms with Gasteiger partial charge in [-0.05, 0) is 92.9 Å². The minimum Gasteiger partial charge on any atom is -0.454 e. The lowest BCUT2D eigenvalue weighted by Crippen LogP contribution is -2.52. The molecular weight excluding hydrogens is 432 g/mol. The SMILES string of the molecule is CC1=C(CO)C(=O)O[C@@H](/C(C)=C2\[C@@H](O)C[C@H]3[C@@H]4CC=C5C(=O)C=CC(=O)[C@]5(C)[C@H]4CC[C@]23C)C1. The number of allylic oxidation sites excluding steroid dienone is 4. The van der Waals surface area contributed by atoms with E-state index in [9.17, 15) is 24.6 Å². The molecule has 0 aromatic heterocycles. The zero-order valence-corrected chi connectivity index (χ0v) is 20.4. The van der Waals surface area contributed by atoms with Crippen LogP contribution in [0.2, 0.25) is 0 Å². The molecule has 0 aromatic rings. The summed E-state index contributed by atoms with van der Waals surface area (Å²) in [6, 6.07) is 0. The number of carbonyl (C=O) groups excluding carboxylic acids is 3. The topological polar surface area (TPSA) is 101 Å². The molecule has 7 atom stereocenters. The Kier molecular flexibility index (Phi) is 5.41. The van der Waals surface area contributed by atoms with Crippen LogP contribution in [0, 0.1) is 28.6 Å². The summed E-state index contributed by atoms with van der Waals surface area (Å²) in [5.41, 5.74) is 2.63. The Labute approximate surface area is 200 Å². The van der Waals surface area contributed by atoms with Gasteiger partial charge in [0.1, 0.15) is 6.10 Å². The van der Waals surface area contributed by atoms with Crippen molar-refractivity contribution >= 4 is 17.5 Å². The van der Waals surface area contributed by atoms with E-state index in [2.05, 4.69) is 6.92 Å². The van der Waals surface area contributed by atoms with Gasteiger partial charge in [-0.15, -0.1) is 0 Å². The number of ketones is 2. The second kappa shape index (κ2) is 7.85. The molecule has 5 rings (SSSR count). The largest absolute Gasteiger partial charge is 0.454 e. The van der Waals surface area contributed by atoms with Gasteiger partial charge in [-0.1, -0.05) is 18.6 Å². The highest BCUT2D eigenvalue weighted by Gasteiger charge is 2.61. The molecule has 182 valence electrons. The van der Waals surface area contributed by atoms with E-state index < -0.39 is 23.6 Å². The summed E-state index contributed by atoms with van der Waals surface area (Å²) < 4.78 is 5.70. The van der Waals surface area contributed by atoms with Crippen molar-refractivity contribution < 1.29 is 29.3 Å². The average Bonchev–Trinajstić information content (AvgIpc) is 3.06. The van der Waals surface area contributed by atoms with Gasteiger partial charge in [-0.25, -0.2) is 4.79 Å². The number of ether oxygens (including phenoxy) is 1. The van der Waals surface area contributed by atoms with E-state index in [1.807, 2.05) is 26.8 Å². The van der Waals surface area contributed by atoms with Crippen molar-refractivity contribution in [3.05, 3.63) is 46.1 Å². The normalized spacial score (nSPS) is 43.2. The zero-order valence-electron chi connectivity index (χ0n) is 20.4. The quantitative estimate of drug-likeness (QED) is 0.478. The zero-order chi connectivity index (χ0) is 24.6. The Bertz CT molecular complexity index is 1110. The molecule has 6 nitrogen and oxygen atoms in total. The van der Waals surface area contributed by atoms with E-state index in [-0.39, 0.29) is 41.3 Å². The van der Waals surface area contributed by atoms with Crippen LogP contribution in [0.5, 0.6) is 0 Å². The van der Waals surface area contributed by atoms with Gasteiger partial charge in [-0.3, -0.25) is 9.59 Å². The van der Waals surface area contributed by atoms with Crippen molar-refractivity contribution in [3.63, 3.8) is 0 Å². The Morgan fingerprint density at radius 2 is 1.91 bits per heavy atom. The number of aliphatic hydroxyl groups excluding tert-OH is 2. The van der Waals surface area contributed by atoms with Crippen LogP contribution in [0.15, 0.2) is 46.1 Å². The third kappa shape index (κ3) is 3.04. The van der Waals surface area contributed by atoms with E-state index in [4.69, 9.17) is 4.74 Å². The maximum Gasteiger partial charge on any atom is 0.336 e. The average molecular weight is 467 g/mol. The van der Waals surface area contributed by atoms with Crippen molar-refractivity contribution in [1.29, 1.82) is 0 Å². The first-order valence-corrected chi connectivity index (χ1v) is 12.4. The number of aliphatic hydroxyl groups is 2. The molecule has 0 saturated heterocycles. The van der Waals surface area contributed by atoms with Crippen molar-refractivity contribution in [1.82, 2.24) is 0 Å². The molecule has 34 heavy (non-hydrogen) atoms. The van der Waals surface area contributed by atoms with E-state index in [1.165, 1.54) is 12.2 Å². The minimum absolute atomic E-state index is 0.0122. The molecule has 2 N–H and O–H groups in total. The molecule has 4 aliphatic carbocycles. The minimum atomic E-state index is -0.788. The second-order valence-corrected chi connectivity index (χ2v) is 11.3. The van der Waals surface area contributed by atoms with Gasteiger partial charge in [-0.2, -0.15) is 0 Å². The van der Waals surface area contributed by atoms with Crippen LogP contribution in [0.1, 0.15) is 59.8 Å². The molecule has 2 saturated carbocycles. The summed E-state index contributed by atoms with van der Waals surface area (Å²) in [6.07, 6.45) is 7.24. The van der Waals surface area contributed by atoms with Gasteiger partial charge in [0.25, 0.3) is 0 Å². The van der Waals surface area contributed by atoms with E-state index in [1.54, 1.807) is 0 Å². The molecule has 1 heterocycles. The fourth-order valence-electron chi connectivity index (χ4n) is 8.06. The van der Waals surface area contributed by atoms with Gasteiger partial charge in [0.05, 0.1) is 23.7 Å². The van der Waals surface area contributed by atoms with Crippen LogP contribution in [-0.2, 0) is 19.1 Å². The van der Waals surface area contributed by atoms with Crippen LogP contribution in [0.4, 0.5) is 0 Å². The first-order chi connectivity index (χ1) is 16.0. The van der Waals surface area contributed by atoms with Gasteiger partial charge < -0.3 is 14.9 Å². The first-order valence-electron chi connectivity index (χ1n) is 12.4. The van der Waals surface area contributed by atoms with Crippen molar-refractivity contribution in [3.8, 4) is 0 Å². The van der Waals surface area contributed by atoms with Crippen LogP contribution in [0.25, 0.3) is 0 Å². The van der Waals surface area contributed by atoms with Crippen molar-refractivity contribution in [2.24, 2.45) is 28.6 Å². The number of hydrogen-bond acceptors (Lipinski definition) is 6. The third-order valence-electron chi connectivity index (χ3n) is 9.88. The summed E-state index contributed by atoms with van der Waals surface area (Å²) >= 11 is 0. The Morgan fingerprint density at radius 1 is 1.18 bits per heavy atom. The molecule has 0 bridgehead atoms. The molecule has 2 fully saturated rings. The number of cyclic esters (lactones) is 1. The number of hydrogen-bond donors (Lipinski definition) is 2. The monoisotopic (exact) mass is 466 g/mol. The fourth-order valence-corrected chi connectivity index (χ4v) is 8.06. The van der Waals surface area contributed by atoms with E-state index in [0.717, 1.165) is 36.0 Å². The maximum absolute atomic E-state index is 13.1. The molecule has 0 amide bonds. The first kappa shape index (κ1) is 23.4. The predicted octanol–water partition coefficient (Wildman–Crippen LogP) is 3.38. The van der Waals surface area contributed by atoms with Gasteiger partial charge >= 0.3 is 5.97 Å². The standard InChI is InChI=1S/C28H34O6/c1-14-11-23(34-26(33)17(14)13-29)15(2)25-22(31)12-20-16-5-6-19-21(30)7-8-24(32)28(19,4)18(16)9-10-27(20,25)3/h6-8,16,18,20,22-23,29,31H,5,9-13H2,1-4H3/b25-15+/t16-,18+,20+,22+,23-,27+,28-/m1/s1. The summed E-state index contributed by atoms with van der Waals surface area (Å²) in [7, 11) is 0. The van der Waals surface area contributed by atoms with Crippen LogP contribution in [-0.4, -0.2) is 46.6 Å². The Hall–Kier alpha value is -2.31. The van der Waals surface area contributed by atoms with Crippen molar-refractivity contribution in [2.45, 2.75) is 72.0 Å². The molecule has 5 aliphatic rings. The molecule has 6 heteroatoms. The number of fused-ring (bicyclic) bond motifs is 5. The second-order valence-electron chi connectivity index (χ2n) is 11.3. The highest BCUT2D eigenvalue weighted by Crippen LogP contribution is 2.65. The number of esters is 1. The van der Waals surface area contributed by atoms with Crippen molar-refractivity contribution in [2.75, 3.05) is 6.61 Å². The lowest BCUT2D eigenvalue weighted by Gasteiger charge is -2.55. The van der Waals surface area contributed by atoms with Gasteiger partial charge in [0.15, 0.2) is 11.6 Å². The summed E-state index contributed by atoms with van der Waals surface area (Å²) in [4.78, 5) is 38.1. The predicted molar refractivity (Wildman–Crippen MR) is 125 cm³/mol. The van der Waals surface area contributed by atoms with E-state index in [0.29, 0.717) is 24.0 Å². The lowest BCUT2D eigenvalue weighted by molar-refractivity contribution is -0.144. The fraction of sp³-hybridized carbons (Fsp3) is 0.607. The van der Waals surface area contributed by atoms with Gasteiger partial charge in [0.2, 0.25) is 0 Å². The lowest BCUT2D eigenvalue weighted by atomic mass is 9.48. The molecule has 0 spiro atoms. The Balaban J connectivity index is 1.51. The molecule has 0 unspecified atom stereocenters. The van der Waals surface area contributed by atoms with Crippen LogP contribution >= 0.6 is 0 Å². The van der Waals surface area contributed by atoms with Crippen LogP contribution < -0.4 is 0 Å². The number of carbonyl (C=O) groups is 3. The summed E-state index contributed by atoms with van der Waals surface area (Å²) in [6.45, 7) is 7.63. The summed E-state index contributed by atoms with van der Waals surface area (Å²) in [5.74, 6) is -0.0744. The molecular formula is C28H34O6. The highest BCUT2D eigenvalue weighted by molar-refractivity contribution is 6.18. The molecule has 0 radical (unpaired) electrons.